The van der Waals surface area contributed by atoms with E-state index in [-0.39, 0.29) is 16.1 Å². The lowest BCUT2D eigenvalue weighted by molar-refractivity contribution is -0.119. The number of amides is 1. The Labute approximate surface area is 171 Å². The van der Waals surface area contributed by atoms with E-state index in [1.165, 1.54) is 41.0 Å². The highest BCUT2D eigenvalue weighted by Gasteiger charge is 2.13. The Balaban J connectivity index is 1.57. The number of rotatable bonds is 6. The molecule has 156 valence electrons. The van der Waals surface area contributed by atoms with Crippen LogP contribution in [-0.4, -0.2) is 36.5 Å². The second-order valence-electron chi connectivity index (χ2n) is 6.31. The number of nitrogens with one attached hydrogen (secondary N) is 2. The number of aromatic amines is 1. The first-order chi connectivity index (χ1) is 14.1. The van der Waals surface area contributed by atoms with Crippen LogP contribution in [0.2, 0.25) is 0 Å². The van der Waals surface area contributed by atoms with Crippen LogP contribution in [0.5, 0.6) is 0 Å². The van der Waals surface area contributed by atoms with Gasteiger partial charge in [0.1, 0.15) is 0 Å². The van der Waals surface area contributed by atoms with Gasteiger partial charge in [-0.3, -0.25) is 9.36 Å². The molecule has 11 heteroatoms. The van der Waals surface area contributed by atoms with Crippen molar-refractivity contribution in [1.29, 1.82) is 0 Å². The van der Waals surface area contributed by atoms with Crippen LogP contribution >= 0.6 is 0 Å². The number of esters is 1. The molecule has 0 radical (unpaired) electrons. The molecule has 0 saturated heterocycles. The standard InChI is InChI=1S/C19H18N4O6S/c1-12-10-21-19(26)23(12)15-6-2-13(3-7-15)18(25)29-11-17(24)22-14-4-8-16(9-5-14)30(20,27)28/h2-10H,11H2,1H3,(H,21,26)(H,22,24)(H2,20,27,28). The summed E-state index contributed by atoms with van der Waals surface area (Å²) >= 11 is 0. The highest BCUT2D eigenvalue weighted by atomic mass is 32.2. The molecule has 0 saturated carbocycles. The van der Waals surface area contributed by atoms with E-state index in [0.29, 0.717) is 17.1 Å². The lowest BCUT2D eigenvalue weighted by Crippen LogP contribution is -2.21. The molecule has 0 aliphatic rings. The molecule has 0 aliphatic heterocycles. The van der Waals surface area contributed by atoms with E-state index >= 15 is 0 Å². The normalized spacial score (nSPS) is 11.1. The minimum atomic E-state index is -3.83. The van der Waals surface area contributed by atoms with E-state index < -0.39 is 28.5 Å². The lowest BCUT2D eigenvalue weighted by atomic mass is 10.2. The van der Waals surface area contributed by atoms with Crippen molar-refractivity contribution < 1.29 is 22.7 Å². The monoisotopic (exact) mass is 430 g/mol. The first-order valence-electron chi connectivity index (χ1n) is 8.62. The van der Waals surface area contributed by atoms with Gasteiger partial charge in [0, 0.05) is 17.6 Å². The second kappa shape index (κ2) is 8.35. The fourth-order valence-electron chi connectivity index (χ4n) is 2.66. The number of anilines is 1. The smallest absolute Gasteiger partial charge is 0.338 e. The SMILES string of the molecule is Cc1c[nH]c(=O)n1-c1ccc(C(=O)OCC(=O)Nc2ccc(S(N)(=O)=O)cc2)cc1. The maximum Gasteiger partial charge on any atom is 0.338 e. The summed E-state index contributed by atoms with van der Waals surface area (Å²) in [5, 5.41) is 7.48. The molecule has 0 fully saturated rings. The number of primary sulfonamides is 1. The molecule has 1 aromatic heterocycles. The van der Waals surface area contributed by atoms with Crippen molar-refractivity contribution in [3.05, 3.63) is 76.5 Å². The number of nitrogens with zero attached hydrogens (tertiary/aromatic N) is 1. The van der Waals surface area contributed by atoms with Crippen LogP contribution in [0.4, 0.5) is 5.69 Å². The minimum Gasteiger partial charge on any atom is -0.452 e. The van der Waals surface area contributed by atoms with E-state index in [1.54, 1.807) is 25.3 Å². The number of hydrogen-bond acceptors (Lipinski definition) is 6. The maximum absolute atomic E-state index is 12.1. The third-order valence-corrected chi connectivity index (χ3v) is 5.05. The summed E-state index contributed by atoms with van der Waals surface area (Å²) in [4.78, 5) is 38.3. The summed E-state index contributed by atoms with van der Waals surface area (Å²) in [7, 11) is -3.83. The first kappa shape index (κ1) is 21.0. The summed E-state index contributed by atoms with van der Waals surface area (Å²) in [6.07, 6.45) is 1.58. The maximum atomic E-state index is 12.1. The Hall–Kier alpha value is -3.70. The molecular weight excluding hydrogens is 412 g/mol. The van der Waals surface area contributed by atoms with Crippen LogP contribution in [0, 0.1) is 6.92 Å². The number of nitrogens with two attached hydrogens (primary N) is 1. The topological polar surface area (TPSA) is 153 Å². The van der Waals surface area contributed by atoms with Gasteiger partial charge < -0.3 is 15.0 Å². The van der Waals surface area contributed by atoms with E-state index in [9.17, 15) is 22.8 Å². The van der Waals surface area contributed by atoms with Crippen molar-refractivity contribution in [1.82, 2.24) is 9.55 Å². The lowest BCUT2D eigenvalue weighted by Gasteiger charge is -2.08. The van der Waals surface area contributed by atoms with Crippen molar-refractivity contribution in [3.63, 3.8) is 0 Å². The molecule has 0 atom stereocenters. The van der Waals surface area contributed by atoms with Gasteiger partial charge in [0.05, 0.1) is 16.1 Å². The van der Waals surface area contributed by atoms with Gasteiger partial charge in [-0.05, 0) is 55.5 Å². The number of imidazole rings is 1. The predicted octanol–water partition coefficient (Wildman–Crippen LogP) is 0.917. The highest BCUT2D eigenvalue weighted by Crippen LogP contribution is 2.13. The third kappa shape index (κ3) is 4.82. The van der Waals surface area contributed by atoms with Crippen LogP contribution < -0.4 is 16.1 Å². The third-order valence-electron chi connectivity index (χ3n) is 4.12. The molecular formula is C19H18N4O6S. The number of carbonyl (C=O) groups is 2. The van der Waals surface area contributed by atoms with Crippen LogP contribution in [0.1, 0.15) is 16.1 Å². The highest BCUT2D eigenvalue weighted by molar-refractivity contribution is 7.89. The molecule has 30 heavy (non-hydrogen) atoms. The van der Waals surface area contributed by atoms with Crippen molar-refractivity contribution in [3.8, 4) is 5.69 Å². The van der Waals surface area contributed by atoms with Gasteiger partial charge in [-0.2, -0.15) is 0 Å². The number of carbonyl (C=O) groups excluding carboxylic acids is 2. The molecule has 3 aromatic rings. The van der Waals surface area contributed by atoms with Crippen LogP contribution in [-0.2, 0) is 19.6 Å². The van der Waals surface area contributed by atoms with E-state index in [1.807, 2.05) is 0 Å². The fraction of sp³-hybridized carbons (Fsp3) is 0.105. The Bertz CT molecular complexity index is 1240. The van der Waals surface area contributed by atoms with E-state index in [2.05, 4.69) is 10.3 Å². The molecule has 10 nitrogen and oxygen atoms in total. The van der Waals surface area contributed by atoms with E-state index in [4.69, 9.17) is 9.88 Å². The van der Waals surface area contributed by atoms with Gasteiger partial charge in [0.25, 0.3) is 5.91 Å². The average molecular weight is 430 g/mol. The molecule has 0 bridgehead atoms. The number of H-pyrrole nitrogens is 1. The number of sulfonamides is 1. The Morgan fingerprint density at radius 2 is 1.73 bits per heavy atom. The quantitative estimate of drug-likeness (QED) is 0.494. The van der Waals surface area contributed by atoms with Crippen LogP contribution in [0.3, 0.4) is 0 Å². The molecule has 4 N–H and O–H groups in total. The van der Waals surface area contributed by atoms with Crippen LogP contribution in [0.25, 0.3) is 5.69 Å². The molecule has 1 amide bonds. The van der Waals surface area contributed by atoms with Gasteiger partial charge in [0.2, 0.25) is 10.0 Å². The zero-order valence-electron chi connectivity index (χ0n) is 15.8. The molecule has 0 unspecified atom stereocenters. The van der Waals surface area contributed by atoms with Crippen LogP contribution in [0.15, 0.2) is 64.4 Å². The fourth-order valence-corrected chi connectivity index (χ4v) is 3.18. The number of ether oxygens (including phenoxy) is 1. The molecule has 3 rings (SSSR count). The molecule has 1 heterocycles. The van der Waals surface area contributed by atoms with E-state index in [0.717, 1.165) is 0 Å². The van der Waals surface area contributed by atoms with Gasteiger partial charge in [-0.15, -0.1) is 0 Å². The van der Waals surface area contributed by atoms with Gasteiger partial charge >= 0.3 is 11.7 Å². The minimum absolute atomic E-state index is 0.0903. The largest absolute Gasteiger partial charge is 0.452 e. The Morgan fingerprint density at radius 1 is 1.10 bits per heavy atom. The van der Waals surface area contributed by atoms with Gasteiger partial charge in [-0.25, -0.2) is 23.1 Å². The Morgan fingerprint density at radius 3 is 2.27 bits per heavy atom. The summed E-state index contributed by atoms with van der Waals surface area (Å²) in [6.45, 7) is 1.23. The molecule has 0 spiro atoms. The van der Waals surface area contributed by atoms with Crippen molar-refractivity contribution in [2.75, 3.05) is 11.9 Å². The van der Waals surface area contributed by atoms with Crippen molar-refractivity contribution in [2.24, 2.45) is 5.14 Å². The molecule has 2 aromatic carbocycles. The zero-order chi connectivity index (χ0) is 21.9. The van der Waals surface area contributed by atoms with Gasteiger partial charge in [-0.1, -0.05) is 0 Å². The number of aryl methyl sites for hydroxylation is 1. The summed E-state index contributed by atoms with van der Waals surface area (Å²) in [5.41, 5.74) is 1.53. The summed E-state index contributed by atoms with van der Waals surface area (Å²) in [5.74, 6) is -1.31. The van der Waals surface area contributed by atoms with Crippen molar-refractivity contribution in [2.45, 2.75) is 11.8 Å². The Kier molecular flexibility index (Phi) is 5.85. The number of aromatic nitrogens is 2. The summed E-state index contributed by atoms with van der Waals surface area (Å²) < 4.78 is 28.9. The van der Waals surface area contributed by atoms with Gasteiger partial charge in [0.15, 0.2) is 6.61 Å². The average Bonchev–Trinajstić information content (AvgIpc) is 3.04. The first-order valence-corrected chi connectivity index (χ1v) is 10.2. The second-order valence-corrected chi connectivity index (χ2v) is 7.87. The zero-order valence-corrected chi connectivity index (χ0v) is 16.6. The summed E-state index contributed by atoms with van der Waals surface area (Å²) in [6, 6.07) is 11.4. The predicted molar refractivity (Wildman–Crippen MR) is 108 cm³/mol. The van der Waals surface area contributed by atoms with Crippen molar-refractivity contribution >= 4 is 27.6 Å². The molecule has 0 aliphatic carbocycles. The number of hydrogen-bond donors (Lipinski definition) is 3. The number of benzene rings is 2.